The summed E-state index contributed by atoms with van der Waals surface area (Å²) in [6, 6.07) is 7.61. The molecule has 0 saturated carbocycles. The highest BCUT2D eigenvalue weighted by atomic mass is 16.5. The second-order valence-electron chi connectivity index (χ2n) is 6.95. The summed E-state index contributed by atoms with van der Waals surface area (Å²) in [5.41, 5.74) is 3.60. The fourth-order valence-electron chi connectivity index (χ4n) is 3.51. The Hall–Kier alpha value is -3.26. The van der Waals surface area contributed by atoms with Crippen LogP contribution in [0.15, 0.2) is 42.7 Å². The standard InChI is InChI=1S/C20H20N6O2/c27-20(18-24-15-3-1-2-4-16(15)25-18)26-11-14(12-26)28-19-17(22-9-10-23-19)13-5-7-21-8-6-13/h1-5,9-10,14,21H,6-8,11-12H2,(H,24,25). The molecule has 0 bridgehead atoms. The van der Waals surface area contributed by atoms with Crippen LogP contribution in [0.1, 0.15) is 22.7 Å². The van der Waals surface area contributed by atoms with E-state index in [-0.39, 0.29) is 12.0 Å². The van der Waals surface area contributed by atoms with E-state index in [9.17, 15) is 4.79 Å². The Morgan fingerprint density at radius 1 is 1.18 bits per heavy atom. The number of likely N-dealkylation sites (tertiary alicyclic amines) is 1. The van der Waals surface area contributed by atoms with Crippen LogP contribution in [0.2, 0.25) is 0 Å². The Kier molecular flexibility index (Phi) is 4.25. The van der Waals surface area contributed by atoms with Crippen LogP contribution in [-0.4, -0.2) is 63.0 Å². The number of carbonyl (C=O) groups excluding carboxylic acids is 1. The minimum atomic E-state index is -0.114. The fourth-order valence-corrected chi connectivity index (χ4v) is 3.51. The first-order valence-corrected chi connectivity index (χ1v) is 9.40. The summed E-state index contributed by atoms with van der Waals surface area (Å²) >= 11 is 0. The van der Waals surface area contributed by atoms with Crippen LogP contribution in [0, 0.1) is 0 Å². The quantitative estimate of drug-likeness (QED) is 0.719. The van der Waals surface area contributed by atoms with Gasteiger partial charge in [-0.25, -0.2) is 15.0 Å². The Morgan fingerprint density at radius 3 is 2.86 bits per heavy atom. The Morgan fingerprint density at radius 2 is 2.04 bits per heavy atom. The minimum Gasteiger partial charge on any atom is -0.469 e. The number of fused-ring (bicyclic) bond motifs is 1. The van der Waals surface area contributed by atoms with Crippen molar-refractivity contribution in [3.63, 3.8) is 0 Å². The van der Waals surface area contributed by atoms with Crippen LogP contribution in [-0.2, 0) is 0 Å². The number of nitrogens with one attached hydrogen (secondary N) is 2. The van der Waals surface area contributed by atoms with Gasteiger partial charge < -0.3 is 19.9 Å². The molecule has 8 heteroatoms. The average Bonchev–Trinajstić information content (AvgIpc) is 3.15. The number of ether oxygens (including phenoxy) is 1. The number of aromatic nitrogens is 4. The third-order valence-corrected chi connectivity index (χ3v) is 5.04. The Balaban J connectivity index is 1.25. The second kappa shape index (κ2) is 7.05. The minimum absolute atomic E-state index is 0.0916. The second-order valence-corrected chi connectivity index (χ2v) is 6.95. The molecule has 1 fully saturated rings. The zero-order chi connectivity index (χ0) is 18.9. The number of amides is 1. The summed E-state index contributed by atoms with van der Waals surface area (Å²) in [6.45, 7) is 2.76. The molecule has 2 aliphatic heterocycles. The van der Waals surface area contributed by atoms with Crippen molar-refractivity contribution in [3.8, 4) is 5.88 Å². The maximum Gasteiger partial charge on any atom is 0.289 e. The van der Waals surface area contributed by atoms with Gasteiger partial charge in [0.15, 0.2) is 5.82 Å². The third kappa shape index (κ3) is 3.11. The highest BCUT2D eigenvalue weighted by Crippen LogP contribution is 2.27. The number of hydrogen-bond donors (Lipinski definition) is 2. The van der Waals surface area contributed by atoms with Crippen molar-refractivity contribution >= 4 is 22.5 Å². The van der Waals surface area contributed by atoms with E-state index >= 15 is 0 Å². The largest absolute Gasteiger partial charge is 0.469 e. The first kappa shape index (κ1) is 16.9. The van der Waals surface area contributed by atoms with E-state index in [1.54, 1.807) is 17.3 Å². The lowest BCUT2D eigenvalue weighted by Gasteiger charge is -2.38. The molecule has 0 aliphatic carbocycles. The summed E-state index contributed by atoms with van der Waals surface area (Å²) in [7, 11) is 0. The topological polar surface area (TPSA) is 96.0 Å². The van der Waals surface area contributed by atoms with Crippen molar-refractivity contribution in [2.24, 2.45) is 0 Å². The van der Waals surface area contributed by atoms with E-state index < -0.39 is 0 Å². The van der Waals surface area contributed by atoms with Crippen molar-refractivity contribution < 1.29 is 9.53 Å². The molecule has 142 valence electrons. The molecule has 4 heterocycles. The van der Waals surface area contributed by atoms with Crippen molar-refractivity contribution in [2.75, 3.05) is 26.2 Å². The average molecular weight is 376 g/mol. The number of H-pyrrole nitrogens is 1. The molecule has 0 atom stereocenters. The summed E-state index contributed by atoms with van der Waals surface area (Å²) in [4.78, 5) is 30.7. The van der Waals surface area contributed by atoms with E-state index in [0.717, 1.165) is 41.8 Å². The molecule has 5 rings (SSSR count). The predicted molar refractivity (Wildman–Crippen MR) is 104 cm³/mol. The van der Waals surface area contributed by atoms with Crippen LogP contribution in [0.25, 0.3) is 16.6 Å². The van der Waals surface area contributed by atoms with Crippen LogP contribution in [0.3, 0.4) is 0 Å². The van der Waals surface area contributed by atoms with Gasteiger partial charge in [-0.2, -0.15) is 0 Å². The van der Waals surface area contributed by atoms with E-state index in [4.69, 9.17) is 4.74 Å². The van der Waals surface area contributed by atoms with Gasteiger partial charge in [0.1, 0.15) is 11.8 Å². The third-order valence-electron chi connectivity index (χ3n) is 5.04. The zero-order valence-electron chi connectivity index (χ0n) is 15.3. The Bertz CT molecular complexity index is 1020. The Labute approximate surface area is 161 Å². The van der Waals surface area contributed by atoms with Crippen molar-refractivity contribution in [1.29, 1.82) is 0 Å². The summed E-state index contributed by atoms with van der Waals surface area (Å²) < 4.78 is 6.05. The lowest BCUT2D eigenvalue weighted by molar-refractivity contribution is 0.0149. The van der Waals surface area contributed by atoms with Crippen LogP contribution in [0.5, 0.6) is 5.88 Å². The molecule has 8 nitrogen and oxygen atoms in total. The van der Waals surface area contributed by atoms with Gasteiger partial charge in [0, 0.05) is 18.9 Å². The van der Waals surface area contributed by atoms with Gasteiger partial charge in [-0.15, -0.1) is 0 Å². The van der Waals surface area contributed by atoms with Crippen molar-refractivity contribution in [2.45, 2.75) is 12.5 Å². The van der Waals surface area contributed by atoms with Gasteiger partial charge in [0.05, 0.1) is 24.1 Å². The summed E-state index contributed by atoms with van der Waals surface area (Å²) in [5, 5.41) is 3.29. The molecule has 2 N–H and O–H groups in total. The number of imidazole rings is 1. The normalized spacial score (nSPS) is 17.3. The number of carbonyl (C=O) groups is 1. The molecular weight excluding hydrogens is 356 g/mol. The first-order valence-electron chi connectivity index (χ1n) is 9.40. The first-order chi connectivity index (χ1) is 13.8. The summed E-state index contributed by atoms with van der Waals surface area (Å²) in [5.74, 6) is 0.785. The number of rotatable bonds is 4. The molecule has 1 saturated heterocycles. The molecule has 1 amide bonds. The van der Waals surface area contributed by atoms with Gasteiger partial charge >= 0.3 is 0 Å². The lowest BCUT2D eigenvalue weighted by Crippen LogP contribution is -2.56. The maximum absolute atomic E-state index is 12.6. The lowest BCUT2D eigenvalue weighted by atomic mass is 10.1. The molecule has 2 aromatic heterocycles. The molecule has 2 aliphatic rings. The van der Waals surface area contributed by atoms with Crippen molar-refractivity contribution in [1.82, 2.24) is 30.2 Å². The molecule has 0 unspecified atom stereocenters. The molecule has 3 aromatic rings. The van der Waals surface area contributed by atoms with Crippen LogP contribution in [0.4, 0.5) is 0 Å². The van der Waals surface area contributed by atoms with E-state index in [1.165, 1.54) is 0 Å². The molecular formula is C20H20N6O2. The van der Waals surface area contributed by atoms with Crippen molar-refractivity contribution in [3.05, 3.63) is 54.3 Å². The smallest absolute Gasteiger partial charge is 0.289 e. The number of aromatic amines is 1. The molecule has 0 radical (unpaired) electrons. The van der Waals surface area contributed by atoms with Gasteiger partial charge in [0.25, 0.3) is 5.91 Å². The zero-order valence-corrected chi connectivity index (χ0v) is 15.3. The van der Waals surface area contributed by atoms with Gasteiger partial charge in [-0.3, -0.25) is 4.79 Å². The van der Waals surface area contributed by atoms with E-state index in [0.29, 0.717) is 24.8 Å². The molecule has 1 aromatic carbocycles. The van der Waals surface area contributed by atoms with E-state index in [1.807, 2.05) is 24.3 Å². The van der Waals surface area contributed by atoms with Crippen LogP contribution < -0.4 is 10.1 Å². The number of nitrogens with zero attached hydrogens (tertiary/aromatic N) is 4. The van der Waals surface area contributed by atoms with E-state index in [2.05, 4.69) is 31.3 Å². The van der Waals surface area contributed by atoms with Gasteiger partial charge in [-0.05, 0) is 30.7 Å². The number of para-hydroxylation sites is 2. The highest BCUT2D eigenvalue weighted by Gasteiger charge is 2.35. The fraction of sp³-hybridized carbons (Fsp3) is 0.300. The highest BCUT2D eigenvalue weighted by molar-refractivity contribution is 5.94. The predicted octanol–water partition coefficient (Wildman–Crippen LogP) is 1.63. The number of benzene rings is 1. The van der Waals surface area contributed by atoms with Gasteiger partial charge in [0.2, 0.25) is 5.88 Å². The number of hydrogen-bond acceptors (Lipinski definition) is 6. The van der Waals surface area contributed by atoms with Gasteiger partial charge in [-0.1, -0.05) is 18.2 Å². The monoisotopic (exact) mass is 376 g/mol. The van der Waals surface area contributed by atoms with Crippen LogP contribution >= 0.6 is 0 Å². The molecule has 0 spiro atoms. The SMILES string of the molecule is O=C(c1nc2ccccc2[nH]1)N1CC(Oc2nccnc2C2=CCNCC2)C1. The molecule has 28 heavy (non-hydrogen) atoms. The maximum atomic E-state index is 12.6. The summed E-state index contributed by atoms with van der Waals surface area (Å²) in [6.07, 6.45) is 6.25.